The van der Waals surface area contributed by atoms with Crippen molar-refractivity contribution in [1.29, 1.82) is 0 Å². The van der Waals surface area contributed by atoms with Gasteiger partial charge in [0, 0.05) is 25.0 Å². The summed E-state index contributed by atoms with van der Waals surface area (Å²) in [6.07, 6.45) is 6.25. The number of rotatable bonds is 6. The molecule has 1 aromatic rings. The zero-order valence-electron chi connectivity index (χ0n) is 9.45. The Labute approximate surface area is 86.5 Å². The molecule has 1 unspecified atom stereocenters. The average molecular weight is 195 g/mol. The Kier molecular flexibility index (Phi) is 4.66. The summed E-state index contributed by atoms with van der Waals surface area (Å²) in [7, 11) is 0. The zero-order valence-corrected chi connectivity index (χ0v) is 9.45. The Balaban J connectivity index is 2.45. The van der Waals surface area contributed by atoms with Gasteiger partial charge in [-0.05, 0) is 19.8 Å². The second kappa shape index (κ2) is 5.81. The highest BCUT2D eigenvalue weighted by Crippen LogP contribution is 2.00. The van der Waals surface area contributed by atoms with Gasteiger partial charge < -0.3 is 9.88 Å². The SMILES string of the molecule is CCCn1ccnc1CNC(C)CC. The van der Waals surface area contributed by atoms with Crippen molar-refractivity contribution in [3.8, 4) is 0 Å². The summed E-state index contributed by atoms with van der Waals surface area (Å²) in [6, 6.07) is 0.571. The van der Waals surface area contributed by atoms with E-state index in [1.54, 1.807) is 0 Å². The monoisotopic (exact) mass is 195 g/mol. The van der Waals surface area contributed by atoms with Crippen molar-refractivity contribution in [2.75, 3.05) is 0 Å². The van der Waals surface area contributed by atoms with Crippen LogP contribution in [0, 0.1) is 0 Å². The quantitative estimate of drug-likeness (QED) is 0.754. The molecule has 3 heteroatoms. The Morgan fingerprint density at radius 2 is 2.29 bits per heavy atom. The summed E-state index contributed by atoms with van der Waals surface area (Å²) in [5.41, 5.74) is 0. The molecule has 0 aliphatic carbocycles. The molecule has 0 radical (unpaired) electrons. The topological polar surface area (TPSA) is 29.9 Å². The third-order valence-electron chi connectivity index (χ3n) is 2.49. The van der Waals surface area contributed by atoms with E-state index in [4.69, 9.17) is 0 Å². The lowest BCUT2D eigenvalue weighted by Crippen LogP contribution is -2.26. The van der Waals surface area contributed by atoms with Crippen LogP contribution in [-0.2, 0) is 13.1 Å². The number of aryl methyl sites for hydroxylation is 1. The highest BCUT2D eigenvalue weighted by atomic mass is 15.1. The molecule has 0 aliphatic heterocycles. The van der Waals surface area contributed by atoms with E-state index in [-0.39, 0.29) is 0 Å². The molecule has 0 aliphatic rings. The Hall–Kier alpha value is -0.830. The molecule has 1 rings (SSSR count). The van der Waals surface area contributed by atoms with Crippen molar-refractivity contribution in [3.05, 3.63) is 18.2 Å². The fourth-order valence-electron chi connectivity index (χ4n) is 1.36. The maximum Gasteiger partial charge on any atom is 0.122 e. The number of imidazole rings is 1. The number of hydrogen-bond donors (Lipinski definition) is 1. The van der Waals surface area contributed by atoms with E-state index in [9.17, 15) is 0 Å². The molecule has 1 heterocycles. The highest BCUT2D eigenvalue weighted by molar-refractivity contribution is 4.92. The first kappa shape index (κ1) is 11.2. The fraction of sp³-hybridized carbons (Fsp3) is 0.727. The van der Waals surface area contributed by atoms with Gasteiger partial charge in [-0.15, -0.1) is 0 Å². The van der Waals surface area contributed by atoms with E-state index in [1.165, 1.54) is 0 Å². The van der Waals surface area contributed by atoms with Crippen LogP contribution in [-0.4, -0.2) is 15.6 Å². The van der Waals surface area contributed by atoms with Crippen LogP contribution < -0.4 is 5.32 Å². The summed E-state index contributed by atoms with van der Waals surface area (Å²) < 4.78 is 2.22. The van der Waals surface area contributed by atoms with Gasteiger partial charge in [0.1, 0.15) is 5.82 Å². The first-order chi connectivity index (χ1) is 6.77. The summed E-state index contributed by atoms with van der Waals surface area (Å²) in [5.74, 6) is 1.15. The van der Waals surface area contributed by atoms with E-state index in [0.717, 1.165) is 31.8 Å². The van der Waals surface area contributed by atoms with Crippen LogP contribution in [0.3, 0.4) is 0 Å². The maximum atomic E-state index is 4.34. The van der Waals surface area contributed by atoms with Gasteiger partial charge in [0.05, 0.1) is 6.54 Å². The number of hydrogen-bond acceptors (Lipinski definition) is 2. The molecule has 0 saturated heterocycles. The summed E-state index contributed by atoms with van der Waals surface area (Å²) in [4.78, 5) is 4.34. The molecule has 0 bridgehead atoms. The molecular formula is C11H21N3. The molecule has 0 amide bonds. The highest BCUT2D eigenvalue weighted by Gasteiger charge is 2.03. The van der Waals surface area contributed by atoms with E-state index < -0.39 is 0 Å². The molecule has 14 heavy (non-hydrogen) atoms. The minimum atomic E-state index is 0.571. The van der Waals surface area contributed by atoms with Crippen molar-refractivity contribution in [2.45, 2.75) is 52.7 Å². The van der Waals surface area contributed by atoms with Crippen molar-refractivity contribution < 1.29 is 0 Å². The average Bonchev–Trinajstić information content (AvgIpc) is 2.62. The smallest absolute Gasteiger partial charge is 0.122 e. The normalized spacial score (nSPS) is 13.1. The standard InChI is InChI=1S/C11H21N3/c1-4-7-14-8-6-12-11(14)9-13-10(3)5-2/h6,8,10,13H,4-5,7,9H2,1-3H3. The van der Waals surface area contributed by atoms with Crippen LogP contribution in [0.5, 0.6) is 0 Å². The van der Waals surface area contributed by atoms with Gasteiger partial charge in [-0.3, -0.25) is 0 Å². The van der Waals surface area contributed by atoms with E-state index in [2.05, 4.69) is 41.8 Å². The molecule has 1 aromatic heterocycles. The maximum absolute atomic E-state index is 4.34. The molecular weight excluding hydrogens is 174 g/mol. The van der Waals surface area contributed by atoms with Gasteiger partial charge in [-0.2, -0.15) is 0 Å². The molecule has 0 spiro atoms. The van der Waals surface area contributed by atoms with Gasteiger partial charge in [-0.1, -0.05) is 13.8 Å². The molecule has 0 fully saturated rings. The minimum absolute atomic E-state index is 0.571. The Morgan fingerprint density at radius 1 is 1.50 bits per heavy atom. The van der Waals surface area contributed by atoms with Crippen LogP contribution in [0.25, 0.3) is 0 Å². The lowest BCUT2D eigenvalue weighted by Gasteiger charge is -2.12. The van der Waals surface area contributed by atoms with Crippen LogP contribution >= 0.6 is 0 Å². The van der Waals surface area contributed by atoms with Gasteiger partial charge in [0.25, 0.3) is 0 Å². The second-order valence-corrected chi connectivity index (χ2v) is 3.73. The molecule has 0 aromatic carbocycles. The summed E-state index contributed by atoms with van der Waals surface area (Å²) >= 11 is 0. The van der Waals surface area contributed by atoms with Crippen LogP contribution in [0.15, 0.2) is 12.4 Å². The van der Waals surface area contributed by atoms with Crippen molar-refractivity contribution in [1.82, 2.24) is 14.9 Å². The van der Waals surface area contributed by atoms with Crippen LogP contribution in [0.1, 0.15) is 39.4 Å². The van der Waals surface area contributed by atoms with E-state index in [0.29, 0.717) is 6.04 Å². The molecule has 1 atom stereocenters. The second-order valence-electron chi connectivity index (χ2n) is 3.73. The molecule has 1 N–H and O–H groups in total. The molecule has 0 saturated carbocycles. The van der Waals surface area contributed by atoms with Gasteiger partial charge in [0.2, 0.25) is 0 Å². The van der Waals surface area contributed by atoms with E-state index in [1.807, 2.05) is 6.20 Å². The predicted octanol–water partition coefficient (Wildman–Crippen LogP) is 2.18. The third kappa shape index (κ3) is 3.14. The molecule has 80 valence electrons. The van der Waals surface area contributed by atoms with Crippen LogP contribution in [0.4, 0.5) is 0 Å². The summed E-state index contributed by atoms with van der Waals surface area (Å²) in [5, 5.41) is 3.45. The van der Waals surface area contributed by atoms with Crippen molar-refractivity contribution in [2.24, 2.45) is 0 Å². The van der Waals surface area contributed by atoms with E-state index >= 15 is 0 Å². The summed E-state index contributed by atoms with van der Waals surface area (Å²) in [6.45, 7) is 8.52. The minimum Gasteiger partial charge on any atom is -0.334 e. The number of aromatic nitrogens is 2. The van der Waals surface area contributed by atoms with Gasteiger partial charge >= 0.3 is 0 Å². The largest absolute Gasteiger partial charge is 0.334 e. The lowest BCUT2D eigenvalue weighted by atomic mass is 10.2. The fourth-order valence-corrected chi connectivity index (χ4v) is 1.36. The van der Waals surface area contributed by atoms with Crippen molar-refractivity contribution >= 4 is 0 Å². The lowest BCUT2D eigenvalue weighted by molar-refractivity contribution is 0.505. The third-order valence-corrected chi connectivity index (χ3v) is 2.49. The number of nitrogens with zero attached hydrogens (tertiary/aromatic N) is 2. The zero-order chi connectivity index (χ0) is 10.4. The van der Waals surface area contributed by atoms with Gasteiger partial charge in [0.15, 0.2) is 0 Å². The van der Waals surface area contributed by atoms with Crippen LogP contribution in [0.2, 0.25) is 0 Å². The Morgan fingerprint density at radius 3 is 2.93 bits per heavy atom. The predicted molar refractivity (Wildman–Crippen MR) is 59.1 cm³/mol. The Bertz CT molecular complexity index is 255. The van der Waals surface area contributed by atoms with Crippen molar-refractivity contribution in [3.63, 3.8) is 0 Å². The first-order valence-corrected chi connectivity index (χ1v) is 5.51. The first-order valence-electron chi connectivity index (χ1n) is 5.51. The molecule has 3 nitrogen and oxygen atoms in total. The van der Waals surface area contributed by atoms with Gasteiger partial charge in [-0.25, -0.2) is 4.98 Å². The number of nitrogens with one attached hydrogen (secondary N) is 1.